The summed E-state index contributed by atoms with van der Waals surface area (Å²) >= 11 is 0.965. The number of rotatable bonds is 3. The maximum Gasteiger partial charge on any atom is 0.325 e. The number of nitrogens with one attached hydrogen (secondary N) is 1. The van der Waals surface area contributed by atoms with Crippen LogP contribution in [-0.2, 0) is 9.53 Å². The van der Waals surface area contributed by atoms with Gasteiger partial charge >= 0.3 is 5.97 Å². The first kappa shape index (κ1) is 9.59. The fourth-order valence-corrected chi connectivity index (χ4v) is 1.01. The van der Waals surface area contributed by atoms with E-state index in [0.717, 1.165) is 11.5 Å². The Morgan fingerprint density at radius 2 is 2.46 bits per heavy atom. The Morgan fingerprint density at radius 3 is 3.00 bits per heavy atom. The van der Waals surface area contributed by atoms with E-state index in [0.29, 0.717) is 4.88 Å². The molecule has 0 radical (unpaired) electrons. The van der Waals surface area contributed by atoms with Crippen molar-refractivity contribution in [3.05, 3.63) is 11.1 Å². The van der Waals surface area contributed by atoms with E-state index in [1.54, 1.807) is 0 Å². The lowest BCUT2D eigenvalue weighted by molar-refractivity contribution is -0.139. The second kappa shape index (κ2) is 4.51. The molecule has 7 heteroatoms. The van der Waals surface area contributed by atoms with Gasteiger partial charge in [0.2, 0.25) is 0 Å². The molecule has 0 aliphatic carbocycles. The third-order valence-electron chi connectivity index (χ3n) is 1.21. The van der Waals surface area contributed by atoms with E-state index in [9.17, 15) is 9.59 Å². The largest absolute Gasteiger partial charge is 0.468 e. The van der Waals surface area contributed by atoms with Crippen LogP contribution in [0.15, 0.2) is 6.20 Å². The minimum atomic E-state index is -0.495. The van der Waals surface area contributed by atoms with Crippen molar-refractivity contribution >= 4 is 23.4 Å². The highest BCUT2D eigenvalue weighted by molar-refractivity contribution is 7.07. The van der Waals surface area contributed by atoms with Gasteiger partial charge in [-0.05, 0) is 11.5 Å². The highest BCUT2D eigenvalue weighted by Crippen LogP contribution is 2.00. The Kier molecular flexibility index (Phi) is 3.32. The van der Waals surface area contributed by atoms with Crippen molar-refractivity contribution < 1.29 is 14.3 Å². The quantitative estimate of drug-likeness (QED) is 0.663. The van der Waals surface area contributed by atoms with E-state index >= 15 is 0 Å². The molecular formula is C6H7N3O3S. The number of ether oxygens (including phenoxy) is 1. The molecular weight excluding hydrogens is 194 g/mol. The number of aromatic nitrogens is 2. The number of carbonyl (C=O) groups excluding carboxylic acids is 2. The first-order valence-electron chi connectivity index (χ1n) is 3.36. The lowest BCUT2D eigenvalue weighted by Gasteiger charge is -1.99. The van der Waals surface area contributed by atoms with Crippen LogP contribution in [0.25, 0.3) is 0 Å². The van der Waals surface area contributed by atoms with E-state index in [-0.39, 0.29) is 12.5 Å². The van der Waals surface area contributed by atoms with E-state index in [1.807, 2.05) is 0 Å². The van der Waals surface area contributed by atoms with Gasteiger partial charge in [0.15, 0.2) is 0 Å². The molecule has 0 atom stereocenters. The van der Waals surface area contributed by atoms with Crippen LogP contribution in [0.5, 0.6) is 0 Å². The van der Waals surface area contributed by atoms with Crippen molar-refractivity contribution in [1.29, 1.82) is 0 Å². The number of esters is 1. The zero-order chi connectivity index (χ0) is 9.68. The van der Waals surface area contributed by atoms with Crippen LogP contribution in [0.3, 0.4) is 0 Å². The monoisotopic (exact) mass is 201 g/mol. The molecule has 0 unspecified atom stereocenters. The van der Waals surface area contributed by atoms with Crippen LogP contribution in [-0.4, -0.2) is 35.1 Å². The summed E-state index contributed by atoms with van der Waals surface area (Å²) in [6.45, 7) is -0.146. The Labute approximate surface area is 78.1 Å². The molecule has 70 valence electrons. The fourth-order valence-electron chi connectivity index (χ4n) is 0.579. The van der Waals surface area contributed by atoms with Crippen LogP contribution < -0.4 is 5.32 Å². The van der Waals surface area contributed by atoms with Crippen LogP contribution in [0.2, 0.25) is 0 Å². The van der Waals surface area contributed by atoms with Crippen molar-refractivity contribution in [1.82, 2.24) is 14.9 Å². The lowest BCUT2D eigenvalue weighted by atomic mass is 10.5. The normalized spacial score (nSPS) is 9.31. The second-order valence-corrected chi connectivity index (χ2v) is 2.83. The van der Waals surface area contributed by atoms with Crippen molar-refractivity contribution in [2.24, 2.45) is 0 Å². The Bertz CT molecular complexity index is 298. The average Bonchev–Trinajstić information content (AvgIpc) is 2.66. The molecule has 0 fully saturated rings. The molecule has 0 saturated heterocycles. The molecule has 1 aromatic heterocycles. The van der Waals surface area contributed by atoms with Gasteiger partial charge in [-0.2, -0.15) is 0 Å². The minimum absolute atomic E-state index is 0.146. The number of nitrogens with zero attached hydrogens (tertiary/aromatic N) is 2. The predicted octanol–water partition coefficient (Wildman–Crippen LogP) is -0.559. The summed E-state index contributed by atoms with van der Waals surface area (Å²) in [5, 5.41) is 5.83. The summed E-state index contributed by atoms with van der Waals surface area (Å²) in [5.41, 5.74) is 0. The van der Waals surface area contributed by atoms with Crippen LogP contribution >= 0.6 is 11.5 Å². The molecule has 1 N–H and O–H groups in total. The molecule has 1 amide bonds. The summed E-state index contributed by atoms with van der Waals surface area (Å²) in [6, 6.07) is 0. The first-order chi connectivity index (χ1) is 6.24. The van der Waals surface area contributed by atoms with Crippen LogP contribution in [0.1, 0.15) is 9.67 Å². The van der Waals surface area contributed by atoms with Crippen molar-refractivity contribution in [2.75, 3.05) is 13.7 Å². The Morgan fingerprint density at radius 1 is 1.69 bits per heavy atom. The molecule has 0 saturated carbocycles. The molecule has 1 rings (SSSR count). The molecule has 1 aromatic rings. The van der Waals surface area contributed by atoms with E-state index < -0.39 is 5.97 Å². The molecule has 13 heavy (non-hydrogen) atoms. The van der Waals surface area contributed by atoms with Gasteiger partial charge in [-0.3, -0.25) is 9.59 Å². The van der Waals surface area contributed by atoms with Gasteiger partial charge in [-0.15, -0.1) is 5.10 Å². The third kappa shape index (κ3) is 2.79. The highest BCUT2D eigenvalue weighted by Gasteiger charge is 2.09. The van der Waals surface area contributed by atoms with Gasteiger partial charge in [-0.25, -0.2) is 0 Å². The number of hydrogen-bond donors (Lipinski definition) is 1. The molecule has 1 heterocycles. The Balaban J connectivity index is 2.39. The van der Waals surface area contributed by atoms with Crippen molar-refractivity contribution in [3.8, 4) is 0 Å². The standard InChI is InChI=1S/C6H7N3O3S/c1-12-5(10)3-7-6(11)4-2-8-9-13-4/h2H,3H2,1H3,(H,7,11). The molecule has 0 aliphatic heterocycles. The summed E-state index contributed by atoms with van der Waals surface area (Å²) in [5.74, 6) is -0.869. The second-order valence-electron chi connectivity index (χ2n) is 2.04. The summed E-state index contributed by atoms with van der Waals surface area (Å²) in [6.07, 6.45) is 1.33. The Hall–Kier alpha value is -1.50. The fraction of sp³-hybridized carbons (Fsp3) is 0.333. The number of methoxy groups -OCH3 is 1. The predicted molar refractivity (Wildman–Crippen MR) is 44.3 cm³/mol. The van der Waals surface area contributed by atoms with E-state index in [2.05, 4.69) is 19.6 Å². The van der Waals surface area contributed by atoms with Crippen molar-refractivity contribution in [2.45, 2.75) is 0 Å². The molecule has 0 spiro atoms. The first-order valence-corrected chi connectivity index (χ1v) is 4.13. The summed E-state index contributed by atoms with van der Waals surface area (Å²) in [7, 11) is 1.25. The third-order valence-corrected chi connectivity index (χ3v) is 1.87. The van der Waals surface area contributed by atoms with Crippen LogP contribution in [0.4, 0.5) is 0 Å². The van der Waals surface area contributed by atoms with E-state index in [1.165, 1.54) is 13.3 Å². The lowest BCUT2D eigenvalue weighted by Crippen LogP contribution is -2.29. The number of amides is 1. The zero-order valence-corrected chi connectivity index (χ0v) is 7.63. The minimum Gasteiger partial charge on any atom is -0.468 e. The molecule has 0 aliphatic rings. The van der Waals surface area contributed by atoms with Gasteiger partial charge in [-0.1, -0.05) is 4.49 Å². The number of hydrogen-bond acceptors (Lipinski definition) is 6. The van der Waals surface area contributed by atoms with Gasteiger partial charge in [0.05, 0.1) is 13.3 Å². The maximum atomic E-state index is 11.1. The molecule has 0 aromatic carbocycles. The average molecular weight is 201 g/mol. The summed E-state index contributed by atoms with van der Waals surface area (Å²) in [4.78, 5) is 22.1. The summed E-state index contributed by atoms with van der Waals surface area (Å²) < 4.78 is 7.84. The smallest absolute Gasteiger partial charge is 0.325 e. The number of carbonyl (C=O) groups is 2. The highest BCUT2D eigenvalue weighted by atomic mass is 32.1. The SMILES string of the molecule is COC(=O)CNC(=O)c1cnns1. The van der Waals surface area contributed by atoms with Gasteiger partial charge < -0.3 is 10.1 Å². The topological polar surface area (TPSA) is 81.2 Å². The van der Waals surface area contributed by atoms with Crippen LogP contribution in [0, 0.1) is 0 Å². The van der Waals surface area contributed by atoms with Crippen molar-refractivity contribution in [3.63, 3.8) is 0 Å². The van der Waals surface area contributed by atoms with E-state index in [4.69, 9.17) is 0 Å². The zero-order valence-electron chi connectivity index (χ0n) is 6.81. The molecule has 6 nitrogen and oxygen atoms in total. The molecule has 0 bridgehead atoms. The van der Waals surface area contributed by atoms with Gasteiger partial charge in [0, 0.05) is 0 Å². The maximum absolute atomic E-state index is 11.1. The van der Waals surface area contributed by atoms with Gasteiger partial charge in [0.1, 0.15) is 11.4 Å². The van der Waals surface area contributed by atoms with Gasteiger partial charge in [0.25, 0.3) is 5.91 Å².